The van der Waals surface area contributed by atoms with Crippen LogP contribution in [0.2, 0.25) is 0 Å². The van der Waals surface area contributed by atoms with Gasteiger partial charge in [-0.25, -0.2) is 0 Å². The number of para-hydroxylation sites is 1. The molecule has 4 heteroatoms. The van der Waals surface area contributed by atoms with Gasteiger partial charge in [0.1, 0.15) is 5.75 Å². The summed E-state index contributed by atoms with van der Waals surface area (Å²) in [5.74, 6) is 0.536. The Bertz CT molecular complexity index is 326. The maximum atomic E-state index is 10.5. The number of carbonyl (C=O) groups excluding carboxylic acids is 1. The van der Waals surface area contributed by atoms with Gasteiger partial charge in [0, 0.05) is 0 Å². The van der Waals surface area contributed by atoms with Crippen molar-refractivity contribution in [2.75, 3.05) is 20.2 Å². The topological polar surface area (TPSA) is 64.3 Å². The van der Waals surface area contributed by atoms with Gasteiger partial charge in [-0.05, 0) is 24.6 Å². The molecule has 0 spiro atoms. The first-order valence-electron chi connectivity index (χ1n) is 4.85. The maximum absolute atomic E-state index is 10.5. The largest absolute Gasteiger partial charge is 0.496 e. The highest BCUT2D eigenvalue weighted by Gasteiger charge is 2.00. The number of primary amides is 1. The fourth-order valence-corrected chi connectivity index (χ4v) is 1.34. The number of hydrogen-bond acceptors (Lipinski definition) is 3. The molecule has 0 unspecified atom stereocenters. The first-order valence-corrected chi connectivity index (χ1v) is 4.85. The van der Waals surface area contributed by atoms with E-state index in [0.29, 0.717) is 6.54 Å². The first-order chi connectivity index (χ1) is 7.24. The maximum Gasteiger partial charge on any atom is 0.231 e. The third kappa shape index (κ3) is 3.99. The van der Waals surface area contributed by atoms with E-state index in [1.54, 1.807) is 7.11 Å². The molecule has 1 rings (SSSR count). The molecule has 0 bridgehead atoms. The minimum absolute atomic E-state index is 0.217. The Balaban J connectivity index is 2.39. The number of hydrogen-bond donors (Lipinski definition) is 2. The monoisotopic (exact) mass is 208 g/mol. The summed E-state index contributed by atoms with van der Waals surface area (Å²) in [6.07, 6.45) is 0.817. The lowest BCUT2D eigenvalue weighted by Gasteiger charge is -2.07. The van der Waals surface area contributed by atoms with Crippen LogP contribution in [0.4, 0.5) is 0 Å². The van der Waals surface area contributed by atoms with Crippen LogP contribution in [0.5, 0.6) is 5.75 Å². The summed E-state index contributed by atoms with van der Waals surface area (Å²) in [4.78, 5) is 10.5. The standard InChI is InChI=1S/C11H16N2O2/c1-15-10-5-3-2-4-9(10)6-7-13-8-11(12)14/h2-5,13H,6-8H2,1H3,(H2,12,14). The zero-order chi connectivity index (χ0) is 11.1. The molecule has 1 aromatic rings. The highest BCUT2D eigenvalue weighted by molar-refractivity contribution is 5.75. The molecule has 0 aliphatic heterocycles. The minimum Gasteiger partial charge on any atom is -0.496 e. The molecule has 0 saturated carbocycles. The van der Waals surface area contributed by atoms with Gasteiger partial charge in [-0.3, -0.25) is 4.79 Å². The Hall–Kier alpha value is -1.55. The average Bonchev–Trinajstić information content (AvgIpc) is 2.24. The van der Waals surface area contributed by atoms with Gasteiger partial charge in [-0.2, -0.15) is 0 Å². The van der Waals surface area contributed by atoms with Crippen LogP contribution in [0, 0.1) is 0 Å². The van der Waals surface area contributed by atoms with E-state index in [2.05, 4.69) is 5.32 Å². The van der Waals surface area contributed by atoms with Crippen molar-refractivity contribution in [1.82, 2.24) is 5.32 Å². The molecule has 3 N–H and O–H groups in total. The average molecular weight is 208 g/mol. The van der Waals surface area contributed by atoms with Crippen LogP contribution < -0.4 is 15.8 Å². The van der Waals surface area contributed by atoms with Gasteiger partial charge in [-0.15, -0.1) is 0 Å². The van der Waals surface area contributed by atoms with Crippen molar-refractivity contribution in [2.45, 2.75) is 6.42 Å². The number of benzene rings is 1. The Kier molecular flexibility index (Phi) is 4.63. The van der Waals surface area contributed by atoms with Gasteiger partial charge >= 0.3 is 0 Å². The second-order valence-electron chi connectivity index (χ2n) is 3.20. The van der Waals surface area contributed by atoms with E-state index in [1.807, 2.05) is 24.3 Å². The van der Waals surface area contributed by atoms with E-state index in [-0.39, 0.29) is 12.5 Å². The Morgan fingerprint density at radius 3 is 2.87 bits per heavy atom. The van der Waals surface area contributed by atoms with E-state index < -0.39 is 0 Å². The van der Waals surface area contributed by atoms with Gasteiger partial charge in [-0.1, -0.05) is 18.2 Å². The number of carbonyl (C=O) groups is 1. The van der Waals surface area contributed by atoms with E-state index in [9.17, 15) is 4.79 Å². The molecule has 4 nitrogen and oxygen atoms in total. The molecule has 0 radical (unpaired) electrons. The molecule has 0 aliphatic rings. The third-order valence-corrected chi connectivity index (χ3v) is 2.06. The molecule has 1 aromatic carbocycles. The van der Waals surface area contributed by atoms with Crippen molar-refractivity contribution in [1.29, 1.82) is 0 Å². The molecule has 0 fully saturated rings. The summed E-state index contributed by atoms with van der Waals surface area (Å²) in [5.41, 5.74) is 6.12. The van der Waals surface area contributed by atoms with Crippen LogP contribution >= 0.6 is 0 Å². The number of nitrogens with one attached hydrogen (secondary N) is 1. The van der Waals surface area contributed by atoms with Crippen molar-refractivity contribution in [3.8, 4) is 5.75 Å². The molecular formula is C11H16N2O2. The van der Waals surface area contributed by atoms with Crippen LogP contribution in [-0.4, -0.2) is 26.1 Å². The van der Waals surface area contributed by atoms with Gasteiger partial charge in [0.25, 0.3) is 0 Å². The van der Waals surface area contributed by atoms with Crippen molar-refractivity contribution in [2.24, 2.45) is 5.73 Å². The first kappa shape index (κ1) is 11.5. The molecule has 82 valence electrons. The van der Waals surface area contributed by atoms with Crippen molar-refractivity contribution in [3.05, 3.63) is 29.8 Å². The molecule has 0 aliphatic carbocycles. The van der Waals surface area contributed by atoms with Gasteiger partial charge < -0.3 is 15.8 Å². The second-order valence-corrected chi connectivity index (χ2v) is 3.20. The van der Waals surface area contributed by atoms with Crippen molar-refractivity contribution >= 4 is 5.91 Å². The van der Waals surface area contributed by atoms with Crippen molar-refractivity contribution < 1.29 is 9.53 Å². The molecule has 0 atom stereocenters. The highest BCUT2D eigenvalue weighted by atomic mass is 16.5. The lowest BCUT2D eigenvalue weighted by Crippen LogP contribution is -2.29. The van der Waals surface area contributed by atoms with E-state index >= 15 is 0 Å². The highest BCUT2D eigenvalue weighted by Crippen LogP contribution is 2.16. The summed E-state index contributed by atoms with van der Waals surface area (Å²) < 4.78 is 5.20. The van der Waals surface area contributed by atoms with E-state index in [1.165, 1.54) is 0 Å². The smallest absolute Gasteiger partial charge is 0.231 e. The number of ether oxygens (including phenoxy) is 1. The van der Waals surface area contributed by atoms with Crippen LogP contribution in [-0.2, 0) is 11.2 Å². The summed E-state index contributed by atoms with van der Waals surface area (Å²) in [6.45, 7) is 0.929. The lowest BCUT2D eigenvalue weighted by molar-refractivity contribution is -0.117. The number of amides is 1. The van der Waals surface area contributed by atoms with Gasteiger partial charge in [0.15, 0.2) is 0 Å². The second kappa shape index (κ2) is 6.03. The summed E-state index contributed by atoms with van der Waals surface area (Å²) in [7, 11) is 1.65. The van der Waals surface area contributed by atoms with E-state index in [4.69, 9.17) is 10.5 Å². The van der Waals surface area contributed by atoms with Crippen LogP contribution in [0.3, 0.4) is 0 Å². The SMILES string of the molecule is COc1ccccc1CCNCC(N)=O. The fourth-order valence-electron chi connectivity index (χ4n) is 1.34. The number of rotatable bonds is 6. The lowest BCUT2D eigenvalue weighted by atomic mass is 10.1. The molecular weight excluding hydrogens is 192 g/mol. The quantitative estimate of drug-likeness (QED) is 0.661. The Morgan fingerprint density at radius 2 is 2.20 bits per heavy atom. The Labute approximate surface area is 89.4 Å². The van der Waals surface area contributed by atoms with Crippen LogP contribution in [0.1, 0.15) is 5.56 Å². The summed E-state index contributed by atoms with van der Waals surface area (Å²) in [6, 6.07) is 7.82. The third-order valence-electron chi connectivity index (χ3n) is 2.06. The number of methoxy groups -OCH3 is 1. The van der Waals surface area contributed by atoms with E-state index in [0.717, 1.165) is 17.7 Å². The minimum atomic E-state index is -0.338. The van der Waals surface area contributed by atoms with Crippen LogP contribution in [0.25, 0.3) is 0 Å². The normalized spacial score (nSPS) is 9.93. The molecule has 0 aromatic heterocycles. The zero-order valence-electron chi connectivity index (χ0n) is 8.82. The molecule has 1 amide bonds. The number of nitrogens with two attached hydrogens (primary N) is 1. The van der Waals surface area contributed by atoms with Crippen molar-refractivity contribution in [3.63, 3.8) is 0 Å². The molecule has 15 heavy (non-hydrogen) atoms. The zero-order valence-corrected chi connectivity index (χ0v) is 8.82. The fraction of sp³-hybridized carbons (Fsp3) is 0.364. The predicted octanol–water partition coefficient (Wildman–Crippen LogP) is 0.313. The summed E-state index contributed by atoms with van der Waals surface area (Å²) >= 11 is 0. The molecule has 0 heterocycles. The predicted molar refractivity (Wildman–Crippen MR) is 58.8 cm³/mol. The van der Waals surface area contributed by atoms with Crippen LogP contribution in [0.15, 0.2) is 24.3 Å². The van der Waals surface area contributed by atoms with Gasteiger partial charge in [0.05, 0.1) is 13.7 Å². The van der Waals surface area contributed by atoms with Gasteiger partial charge in [0.2, 0.25) is 5.91 Å². The molecule has 0 saturated heterocycles. The summed E-state index contributed by atoms with van der Waals surface area (Å²) in [5, 5.41) is 2.95. The Morgan fingerprint density at radius 1 is 1.47 bits per heavy atom.